The van der Waals surface area contributed by atoms with E-state index in [1.54, 1.807) is 0 Å². The van der Waals surface area contributed by atoms with E-state index in [-0.39, 0.29) is 0 Å². The van der Waals surface area contributed by atoms with Crippen LogP contribution in [0.1, 0.15) is 62.6 Å². The monoisotopic (exact) mass is 295 g/mol. The maximum Gasteiger partial charge on any atom is 0.232 e. The molecule has 2 heterocycles. The fraction of sp³-hybridized carbons (Fsp3) is 0.867. The van der Waals surface area contributed by atoms with E-state index in [1.165, 1.54) is 32.1 Å². The van der Waals surface area contributed by atoms with Gasteiger partial charge >= 0.3 is 0 Å². The lowest BCUT2D eigenvalue weighted by Crippen LogP contribution is -2.31. The summed E-state index contributed by atoms with van der Waals surface area (Å²) in [4.78, 5) is 4.75. The Morgan fingerprint density at radius 2 is 2.25 bits per heavy atom. The molecule has 112 valence electrons. The van der Waals surface area contributed by atoms with Crippen LogP contribution in [0.5, 0.6) is 0 Å². The average molecular weight is 295 g/mol. The van der Waals surface area contributed by atoms with E-state index >= 15 is 0 Å². The molecular formula is C15H25N3OS. The highest BCUT2D eigenvalue weighted by molar-refractivity contribution is 7.99. The molecule has 1 aliphatic carbocycles. The third-order valence-electron chi connectivity index (χ3n) is 4.95. The van der Waals surface area contributed by atoms with E-state index in [2.05, 4.69) is 17.4 Å². The van der Waals surface area contributed by atoms with Crippen LogP contribution in [-0.2, 0) is 0 Å². The molecule has 0 amide bonds. The first-order valence-electron chi connectivity index (χ1n) is 7.90. The van der Waals surface area contributed by atoms with Gasteiger partial charge in [0.25, 0.3) is 0 Å². The molecule has 2 fully saturated rings. The summed E-state index contributed by atoms with van der Waals surface area (Å²) in [7, 11) is 2.02. The van der Waals surface area contributed by atoms with Gasteiger partial charge in [-0.3, -0.25) is 0 Å². The first-order valence-corrected chi connectivity index (χ1v) is 9.05. The van der Waals surface area contributed by atoms with Gasteiger partial charge < -0.3 is 9.84 Å². The van der Waals surface area contributed by atoms with E-state index < -0.39 is 0 Å². The molecule has 4 nitrogen and oxygen atoms in total. The second-order valence-electron chi connectivity index (χ2n) is 6.17. The Labute approximate surface area is 125 Å². The summed E-state index contributed by atoms with van der Waals surface area (Å²) >= 11 is 1.97. The number of aromatic nitrogens is 2. The fourth-order valence-electron chi connectivity index (χ4n) is 3.54. The summed E-state index contributed by atoms with van der Waals surface area (Å²) in [6, 6.07) is 0.475. The van der Waals surface area contributed by atoms with Crippen LogP contribution in [0.25, 0.3) is 0 Å². The minimum Gasteiger partial charge on any atom is -0.339 e. The highest BCUT2D eigenvalue weighted by atomic mass is 32.2. The van der Waals surface area contributed by atoms with Crippen molar-refractivity contribution in [1.82, 2.24) is 15.5 Å². The van der Waals surface area contributed by atoms with Crippen LogP contribution < -0.4 is 5.32 Å². The predicted octanol–water partition coefficient (Wildman–Crippen LogP) is 3.17. The Bertz CT molecular complexity index is 437. The zero-order chi connectivity index (χ0) is 13.9. The van der Waals surface area contributed by atoms with Crippen molar-refractivity contribution in [3.63, 3.8) is 0 Å². The molecule has 2 aliphatic rings. The smallest absolute Gasteiger partial charge is 0.232 e. The van der Waals surface area contributed by atoms with E-state index in [4.69, 9.17) is 9.51 Å². The highest BCUT2D eigenvalue weighted by Crippen LogP contribution is 2.38. The minimum absolute atomic E-state index is 0.386. The van der Waals surface area contributed by atoms with Crippen molar-refractivity contribution in [2.75, 3.05) is 18.6 Å². The largest absolute Gasteiger partial charge is 0.339 e. The molecule has 20 heavy (non-hydrogen) atoms. The number of likely N-dealkylation sites (N-methyl/N-ethyl adjacent to an activating group) is 1. The van der Waals surface area contributed by atoms with Crippen LogP contribution in [0.2, 0.25) is 0 Å². The van der Waals surface area contributed by atoms with E-state index in [0.29, 0.717) is 17.9 Å². The van der Waals surface area contributed by atoms with Gasteiger partial charge in [-0.1, -0.05) is 31.3 Å². The van der Waals surface area contributed by atoms with Crippen molar-refractivity contribution in [3.8, 4) is 0 Å². The zero-order valence-electron chi connectivity index (χ0n) is 12.5. The van der Waals surface area contributed by atoms with Crippen LogP contribution in [0.3, 0.4) is 0 Å². The van der Waals surface area contributed by atoms with Gasteiger partial charge in [0, 0.05) is 23.5 Å². The topological polar surface area (TPSA) is 51.0 Å². The lowest BCUT2D eigenvalue weighted by atomic mass is 9.80. The van der Waals surface area contributed by atoms with E-state index in [9.17, 15) is 0 Å². The molecule has 1 saturated heterocycles. The summed E-state index contributed by atoms with van der Waals surface area (Å²) in [5, 5.41) is 7.67. The van der Waals surface area contributed by atoms with Crippen molar-refractivity contribution in [2.24, 2.45) is 5.92 Å². The van der Waals surface area contributed by atoms with Gasteiger partial charge in [-0.2, -0.15) is 16.7 Å². The first kappa shape index (κ1) is 14.4. The average Bonchev–Trinajstić information content (AvgIpc) is 3.15. The van der Waals surface area contributed by atoms with Gasteiger partial charge in [-0.15, -0.1) is 0 Å². The van der Waals surface area contributed by atoms with Crippen LogP contribution >= 0.6 is 11.8 Å². The van der Waals surface area contributed by atoms with Crippen molar-refractivity contribution in [1.29, 1.82) is 0 Å². The molecule has 0 aromatic carbocycles. The minimum atomic E-state index is 0.386. The molecule has 0 radical (unpaired) electrons. The third kappa shape index (κ3) is 2.89. The number of hydrogen-bond donors (Lipinski definition) is 1. The highest BCUT2D eigenvalue weighted by Gasteiger charge is 2.34. The van der Waals surface area contributed by atoms with Crippen LogP contribution in [-0.4, -0.2) is 34.7 Å². The maximum absolute atomic E-state index is 5.59. The molecule has 4 atom stereocenters. The maximum atomic E-state index is 5.59. The van der Waals surface area contributed by atoms with Crippen molar-refractivity contribution in [2.45, 2.75) is 56.9 Å². The number of nitrogens with zero attached hydrogens (tertiary/aromatic N) is 2. The van der Waals surface area contributed by atoms with Gasteiger partial charge in [0.2, 0.25) is 5.89 Å². The molecule has 1 aliphatic heterocycles. The molecule has 0 spiro atoms. The molecule has 0 bridgehead atoms. The Kier molecular flexibility index (Phi) is 4.66. The number of nitrogens with one attached hydrogen (secondary N) is 1. The zero-order valence-corrected chi connectivity index (χ0v) is 13.3. The quantitative estimate of drug-likeness (QED) is 0.924. The second kappa shape index (κ2) is 6.48. The molecule has 4 unspecified atom stereocenters. The van der Waals surface area contributed by atoms with Gasteiger partial charge in [0.05, 0.1) is 5.92 Å². The standard InChI is InChI=1S/C15H25N3OS/c1-3-10-5-4-6-11(7-10)14-17-15(19-18-14)12-8-20-9-13(12)16-2/h10-13,16H,3-9H2,1-2H3. The van der Waals surface area contributed by atoms with Crippen LogP contribution in [0, 0.1) is 5.92 Å². The molecule has 1 aromatic heterocycles. The molecule has 1 saturated carbocycles. The summed E-state index contributed by atoms with van der Waals surface area (Å²) in [5.74, 6) is 5.80. The number of thioether (sulfide) groups is 1. The Balaban J connectivity index is 1.70. The van der Waals surface area contributed by atoms with E-state index in [1.807, 2.05) is 18.8 Å². The van der Waals surface area contributed by atoms with Gasteiger partial charge in [-0.25, -0.2) is 0 Å². The normalized spacial score (nSPS) is 34.5. The van der Waals surface area contributed by atoms with Gasteiger partial charge in [-0.05, 0) is 25.8 Å². The third-order valence-corrected chi connectivity index (χ3v) is 6.14. The predicted molar refractivity (Wildman–Crippen MR) is 82.2 cm³/mol. The second-order valence-corrected chi connectivity index (χ2v) is 7.24. The van der Waals surface area contributed by atoms with Gasteiger partial charge in [0.15, 0.2) is 5.82 Å². The van der Waals surface area contributed by atoms with Crippen LogP contribution in [0.15, 0.2) is 4.52 Å². The number of rotatable bonds is 4. The summed E-state index contributed by atoms with van der Waals surface area (Å²) in [6.45, 7) is 2.29. The Morgan fingerprint density at radius 1 is 1.35 bits per heavy atom. The van der Waals surface area contributed by atoms with Crippen molar-refractivity contribution < 1.29 is 4.52 Å². The molecule has 5 heteroatoms. The first-order chi connectivity index (χ1) is 9.81. The van der Waals surface area contributed by atoms with Crippen molar-refractivity contribution in [3.05, 3.63) is 11.7 Å². The molecular weight excluding hydrogens is 270 g/mol. The van der Waals surface area contributed by atoms with Crippen molar-refractivity contribution >= 4 is 11.8 Å². The Morgan fingerprint density at radius 3 is 3.05 bits per heavy atom. The Hall–Kier alpha value is -0.550. The molecule has 1 aromatic rings. The van der Waals surface area contributed by atoms with E-state index in [0.717, 1.165) is 29.1 Å². The lowest BCUT2D eigenvalue weighted by Gasteiger charge is -2.26. The summed E-state index contributed by atoms with van der Waals surface area (Å²) in [6.07, 6.45) is 6.43. The van der Waals surface area contributed by atoms with Crippen LogP contribution in [0.4, 0.5) is 0 Å². The van der Waals surface area contributed by atoms with Gasteiger partial charge in [0.1, 0.15) is 0 Å². The molecule has 1 N–H and O–H groups in total. The lowest BCUT2D eigenvalue weighted by molar-refractivity contribution is 0.295. The fourth-order valence-corrected chi connectivity index (χ4v) is 4.96. The summed E-state index contributed by atoms with van der Waals surface area (Å²) < 4.78 is 5.59. The summed E-state index contributed by atoms with van der Waals surface area (Å²) in [5.41, 5.74) is 0. The molecule has 3 rings (SSSR count). The number of hydrogen-bond acceptors (Lipinski definition) is 5. The SMILES string of the molecule is CCC1CCCC(c2noc(C3CSCC3NC)n2)C1.